The van der Waals surface area contributed by atoms with Gasteiger partial charge in [0.15, 0.2) is 0 Å². The number of para-hydroxylation sites is 1. The molecule has 1 aromatic carbocycles. The van der Waals surface area contributed by atoms with Crippen molar-refractivity contribution < 1.29 is 27.1 Å². The number of amides is 1. The number of carbonyl (C=O) groups is 1. The molecule has 2 aliphatic rings. The van der Waals surface area contributed by atoms with Crippen LogP contribution in [0.25, 0.3) is 0 Å². The Morgan fingerprint density at radius 1 is 1.28 bits per heavy atom. The number of nitrogens with zero attached hydrogens (tertiary/aromatic N) is 6. The molecule has 1 atom stereocenters. The van der Waals surface area contributed by atoms with Gasteiger partial charge in [0.25, 0.3) is 0 Å². The van der Waals surface area contributed by atoms with Crippen LogP contribution in [0.15, 0.2) is 30.9 Å². The van der Waals surface area contributed by atoms with E-state index in [1.54, 1.807) is 4.90 Å². The first-order valence-corrected chi connectivity index (χ1v) is 11.3. The van der Waals surface area contributed by atoms with Crippen LogP contribution < -0.4 is 14.5 Å². The van der Waals surface area contributed by atoms with Gasteiger partial charge in [0, 0.05) is 31.7 Å². The highest BCUT2D eigenvalue weighted by molar-refractivity contribution is 5.87. The molecule has 2 aromatic rings. The standard InChI is InChI=1S/C24H24F4N6O2/c1-3-20(35)34-12-11-33(13-15(34)7-9-29)22-16-8-10-32(14-19(16)30-23(31-22)36-2)21-17(24(26,27)28)5-4-6-18(21)25/h3-6,15H,1,7-8,10-14H2,2H3. The first-order valence-electron chi connectivity index (χ1n) is 11.3. The Labute approximate surface area is 205 Å². The van der Waals surface area contributed by atoms with E-state index in [1.165, 1.54) is 18.1 Å². The second kappa shape index (κ2) is 10.0. The van der Waals surface area contributed by atoms with Gasteiger partial charge >= 0.3 is 12.2 Å². The third-order valence-electron chi connectivity index (χ3n) is 6.38. The first-order chi connectivity index (χ1) is 17.2. The van der Waals surface area contributed by atoms with Crippen LogP contribution in [-0.4, -0.2) is 60.1 Å². The zero-order valence-corrected chi connectivity index (χ0v) is 19.6. The predicted molar refractivity (Wildman–Crippen MR) is 123 cm³/mol. The van der Waals surface area contributed by atoms with Crippen LogP contribution in [0.5, 0.6) is 6.01 Å². The number of halogens is 4. The van der Waals surface area contributed by atoms with Crippen LogP contribution in [0.2, 0.25) is 0 Å². The van der Waals surface area contributed by atoms with Crippen molar-refractivity contribution in [3.63, 3.8) is 0 Å². The molecule has 0 aliphatic carbocycles. The fourth-order valence-electron chi connectivity index (χ4n) is 4.73. The van der Waals surface area contributed by atoms with E-state index in [1.807, 2.05) is 4.90 Å². The molecule has 1 fully saturated rings. The average Bonchev–Trinajstić information content (AvgIpc) is 2.86. The number of anilines is 2. The lowest BCUT2D eigenvalue weighted by Crippen LogP contribution is -2.55. The summed E-state index contributed by atoms with van der Waals surface area (Å²) in [7, 11) is 1.38. The highest BCUT2D eigenvalue weighted by Gasteiger charge is 2.38. The molecule has 1 saturated heterocycles. The molecule has 0 spiro atoms. The number of nitriles is 1. The number of hydrogen-bond donors (Lipinski definition) is 0. The van der Waals surface area contributed by atoms with Crippen LogP contribution in [-0.2, 0) is 23.9 Å². The third kappa shape index (κ3) is 4.78. The minimum Gasteiger partial charge on any atom is -0.467 e. The van der Waals surface area contributed by atoms with Gasteiger partial charge in [-0.3, -0.25) is 4.79 Å². The molecular weight excluding hydrogens is 480 g/mol. The van der Waals surface area contributed by atoms with Gasteiger partial charge in [-0.15, -0.1) is 0 Å². The molecule has 12 heteroatoms. The smallest absolute Gasteiger partial charge is 0.418 e. The number of fused-ring (bicyclic) bond motifs is 1. The maximum absolute atomic E-state index is 14.6. The number of carbonyl (C=O) groups excluding carboxylic acids is 1. The Hall–Kier alpha value is -3.88. The molecule has 3 heterocycles. The number of ether oxygens (including phenoxy) is 1. The summed E-state index contributed by atoms with van der Waals surface area (Å²) in [6.45, 7) is 4.66. The van der Waals surface area contributed by atoms with Gasteiger partial charge in [0.1, 0.15) is 11.6 Å². The summed E-state index contributed by atoms with van der Waals surface area (Å²) in [6, 6.07) is 4.64. The van der Waals surface area contributed by atoms with Crippen LogP contribution in [0.4, 0.5) is 29.1 Å². The van der Waals surface area contributed by atoms with Crippen LogP contribution >= 0.6 is 0 Å². The number of aromatic nitrogens is 2. The van der Waals surface area contributed by atoms with Crippen molar-refractivity contribution >= 4 is 17.4 Å². The van der Waals surface area contributed by atoms with Crippen LogP contribution in [0.3, 0.4) is 0 Å². The van der Waals surface area contributed by atoms with E-state index in [-0.39, 0.29) is 37.8 Å². The zero-order chi connectivity index (χ0) is 26.0. The molecule has 4 rings (SSSR count). The van der Waals surface area contributed by atoms with E-state index in [2.05, 4.69) is 22.6 Å². The molecule has 1 amide bonds. The number of benzene rings is 1. The topological polar surface area (TPSA) is 85.6 Å². The molecule has 2 aliphatic heterocycles. The molecule has 0 bridgehead atoms. The van der Waals surface area contributed by atoms with Crippen molar-refractivity contribution in [2.24, 2.45) is 0 Å². The summed E-state index contributed by atoms with van der Waals surface area (Å²) in [6.07, 6.45) is -3.12. The van der Waals surface area contributed by atoms with Crippen molar-refractivity contribution in [3.05, 3.63) is 53.5 Å². The van der Waals surface area contributed by atoms with Gasteiger partial charge in [0.05, 0.1) is 49.1 Å². The summed E-state index contributed by atoms with van der Waals surface area (Å²) in [5, 5.41) is 9.27. The Balaban J connectivity index is 1.69. The van der Waals surface area contributed by atoms with Gasteiger partial charge in [-0.2, -0.15) is 28.4 Å². The van der Waals surface area contributed by atoms with E-state index in [0.717, 1.165) is 23.8 Å². The Bertz CT molecular complexity index is 1210. The van der Waals surface area contributed by atoms with E-state index in [9.17, 15) is 27.6 Å². The number of methoxy groups -OCH3 is 1. The lowest BCUT2D eigenvalue weighted by molar-refractivity contribution is -0.137. The predicted octanol–water partition coefficient (Wildman–Crippen LogP) is 3.32. The second-order valence-corrected chi connectivity index (χ2v) is 8.46. The lowest BCUT2D eigenvalue weighted by Gasteiger charge is -2.42. The lowest BCUT2D eigenvalue weighted by atomic mass is 10.0. The molecule has 36 heavy (non-hydrogen) atoms. The number of piperazine rings is 1. The Kier molecular flexibility index (Phi) is 7.01. The monoisotopic (exact) mass is 504 g/mol. The molecule has 0 N–H and O–H groups in total. The fourth-order valence-corrected chi connectivity index (χ4v) is 4.73. The molecule has 1 aromatic heterocycles. The summed E-state index contributed by atoms with van der Waals surface area (Å²) in [5.41, 5.74) is -0.410. The van der Waals surface area contributed by atoms with Gasteiger partial charge in [-0.1, -0.05) is 12.6 Å². The fraction of sp³-hybridized carbons (Fsp3) is 0.417. The molecule has 1 unspecified atom stereocenters. The van der Waals surface area contributed by atoms with Crippen LogP contribution in [0, 0.1) is 17.1 Å². The number of alkyl halides is 3. The van der Waals surface area contributed by atoms with Crippen molar-refractivity contribution in [3.8, 4) is 12.1 Å². The minimum absolute atomic E-state index is 0.0246. The first kappa shape index (κ1) is 25.2. The number of rotatable bonds is 5. The maximum atomic E-state index is 14.6. The summed E-state index contributed by atoms with van der Waals surface area (Å²) in [4.78, 5) is 26.0. The maximum Gasteiger partial charge on any atom is 0.418 e. The van der Waals surface area contributed by atoms with Crippen molar-refractivity contribution in [1.82, 2.24) is 14.9 Å². The van der Waals surface area contributed by atoms with E-state index in [0.29, 0.717) is 31.1 Å². The third-order valence-corrected chi connectivity index (χ3v) is 6.38. The largest absolute Gasteiger partial charge is 0.467 e. The SMILES string of the molecule is C=CC(=O)N1CCN(c2nc(OC)nc3c2CCN(c2c(F)cccc2C(F)(F)F)C3)CC1CC#N. The molecule has 8 nitrogen and oxygen atoms in total. The quantitative estimate of drug-likeness (QED) is 0.456. The van der Waals surface area contributed by atoms with Crippen molar-refractivity contribution in [2.75, 3.05) is 43.1 Å². The van der Waals surface area contributed by atoms with Gasteiger partial charge < -0.3 is 19.4 Å². The van der Waals surface area contributed by atoms with Gasteiger partial charge in [0.2, 0.25) is 5.91 Å². The highest BCUT2D eigenvalue weighted by atomic mass is 19.4. The second-order valence-electron chi connectivity index (χ2n) is 8.46. The van der Waals surface area contributed by atoms with Crippen LogP contribution in [0.1, 0.15) is 23.2 Å². The number of hydrogen-bond acceptors (Lipinski definition) is 7. The summed E-state index contributed by atoms with van der Waals surface area (Å²) in [5.74, 6) is -0.690. The Morgan fingerprint density at radius 3 is 2.72 bits per heavy atom. The summed E-state index contributed by atoms with van der Waals surface area (Å²) >= 11 is 0. The van der Waals surface area contributed by atoms with E-state index in [4.69, 9.17) is 4.74 Å². The van der Waals surface area contributed by atoms with Gasteiger partial charge in [-0.05, 0) is 24.6 Å². The summed E-state index contributed by atoms with van der Waals surface area (Å²) < 4.78 is 60.7. The molecular formula is C24H24F4N6O2. The highest BCUT2D eigenvalue weighted by Crippen LogP contribution is 2.40. The van der Waals surface area contributed by atoms with E-state index < -0.39 is 29.3 Å². The van der Waals surface area contributed by atoms with E-state index >= 15 is 0 Å². The van der Waals surface area contributed by atoms with Gasteiger partial charge in [-0.25, -0.2) is 4.39 Å². The van der Waals surface area contributed by atoms with Crippen molar-refractivity contribution in [2.45, 2.75) is 31.6 Å². The molecule has 0 saturated carbocycles. The van der Waals surface area contributed by atoms with Crippen molar-refractivity contribution in [1.29, 1.82) is 5.26 Å². The zero-order valence-electron chi connectivity index (χ0n) is 19.6. The Morgan fingerprint density at radius 2 is 2.06 bits per heavy atom. The normalized spacial score (nSPS) is 17.9. The molecule has 190 valence electrons. The average molecular weight is 504 g/mol. The minimum atomic E-state index is -4.72. The molecule has 0 radical (unpaired) electrons.